The van der Waals surface area contributed by atoms with Crippen molar-refractivity contribution in [2.45, 2.75) is 13.8 Å². The van der Waals surface area contributed by atoms with Gasteiger partial charge in [0.2, 0.25) is 5.91 Å². The highest BCUT2D eigenvalue weighted by molar-refractivity contribution is 5.95. The van der Waals surface area contributed by atoms with Crippen LogP contribution in [0.2, 0.25) is 0 Å². The van der Waals surface area contributed by atoms with E-state index in [9.17, 15) is 9.59 Å². The van der Waals surface area contributed by atoms with E-state index < -0.39 is 5.91 Å². The predicted octanol–water partition coefficient (Wildman–Crippen LogP) is 2.31. The molecule has 0 fully saturated rings. The molecule has 0 atom stereocenters. The molecule has 2 aromatic carbocycles. The highest BCUT2D eigenvalue weighted by Gasteiger charge is 2.09. The summed E-state index contributed by atoms with van der Waals surface area (Å²) in [5.74, 6) is -0.427. The van der Waals surface area contributed by atoms with E-state index >= 15 is 0 Å². The lowest BCUT2D eigenvalue weighted by Crippen LogP contribution is -2.36. The first kappa shape index (κ1) is 18.0. The Morgan fingerprint density at radius 2 is 1.84 bits per heavy atom. The number of hydrogen-bond donors (Lipinski definition) is 2. The number of nitrogens with one attached hydrogen (secondary N) is 2. The lowest BCUT2D eigenvalue weighted by atomic mass is 10.1. The molecule has 0 aliphatic heterocycles. The van der Waals surface area contributed by atoms with Crippen molar-refractivity contribution in [2.24, 2.45) is 0 Å². The summed E-state index contributed by atoms with van der Waals surface area (Å²) in [5, 5.41) is 14.2. The normalized spacial score (nSPS) is 9.80. The monoisotopic (exact) mass is 337 g/mol. The van der Waals surface area contributed by atoms with E-state index in [-0.39, 0.29) is 19.1 Å². The van der Waals surface area contributed by atoms with Crippen molar-refractivity contribution >= 4 is 17.5 Å². The van der Waals surface area contributed by atoms with Crippen LogP contribution in [0.3, 0.4) is 0 Å². The Balaban J connectivity index is 1.81. The van der Waals surface area contributed by atoms with Gasteiger partial charge in [0.25, 0.3) is 5.91 Å². The molecular weight excluding hydrogens is 318 g/mol. The molecule has 0 radical (unpaired) electrons. The molecule has 0 aromatic heterocycles. The molecule has 2 aromatic rings. The van der Waals surface area contributed by atoms with Crippen LogP contribution in [0.5, 0.6) is 5.75 Å². The van der Waals surface area contributed by atoms with E-state index in [1.807, 2.05) is 38.1 Å². The van der Waals surface area contributed by atoms with Crippen molar-refractivity contribution in [2.75, 3.05) is 18.5 Å². The summed E-state index contributed by atoms with van der Waals surface area (Å²) < 4.78 is 5.31. The molecule has 0 aliphatic carbocycles. The van der Waals surface area contributed by atoms with Crippen LogP contribution in [0.15, 0.2) is 42.5 Å². The summed E-state index contributed by atoms with van der Waals surface area (Å²) in [4.78, 5) is 23.7. The van der Waals surface area contributed by atoms with Crippen LogP contribution < -0.4 is 15.4 Å². The first-order chi connectivity index (χ1) is 12.0. The second-order valence-electron chi connectivity index (χ2n) is 5.47. The van der Waals surface area contributed by atoms with Crippen molar-refractivity contribution in [1.82, 2.24) is 5.32 Å². The molecule has 2 N–H and O–H groups in total. The fraction of sp³-hybridized carbons (Fsp3) is 0.211. The van der Waals surface area contributed by atoms with Crippen molar-refractivity contribution < 1.29 is 14.3 Å². The molecule has 0 unspecified atom stereocenters. The van der Waals surface area contributed by atoms with Gasteiger partial charge in [0.15, 0.2) is 6.61 Å². The average Bonchev–Trinajstić information content (AvgIpc) is 2.62. The lowest BCUT2D eigenvalue weighted by molar-refractivity contribution is -0.125. The van der Waals surface area contributed by atoms with Crippen LogP contribution >= 0.6 is 0 Å². The van der Waals surface area contributed by atoms with Gasteiger partial charge in [0.1, 0.15) is 11.8 Å². The van der Waals surface area contributed by atoms with E-state index in [4.69, 9.17) is 10.00 Å². The zero-order chi connectivity index (χ0) is 18.2. The lowest BCUT2D eigenvalue weighted by Gasteiger charge is -2.11. The quantitative estimate of drug-likeness (QED) is 0.846. The van der Waals surface area contributed by atoms with Gasteiger partial charge in [-0.15, -0.1) is 0 Å². The Hall–Kier alpha value is -3.33. The summed E-state index contributed by atoms with van der Waals surface area (Å²) in [6.07, 6.45) is 0. The summed E-state index contributed by atoms with van der Waals surface area (Å²) in [6.45, 7) is 3.46. The molecule has 2 amide bonds. The Kier molecular flexibility index (Phi) is 6.13. The number of hydrogen-bond acceptors (Lipinski definition) is 4. The number of rotatable bonds is 6. The minimum Gasteiger partial charge on any atom is -0.482 e. The molecule has 6 nitrogen and oxygen atoms in total. The number of anilines is 1. The van der Waals surface area contributed by atoms with Gasteiger partial charge in [-0.05, 0) is 43.2 Å². The number of ether oxygens (including phenoxy) is 1. The maximum atomic E-state index is 11.9. The molecule has 25 heavy (non-hydrogen) atoms. The Labute approximate surface area is 146 Å². The van der Waals surface area contributed by atoms with E-state index in [1.165, 1.54) is 0 Å². The van der Waals surface area contributed by atoms with Crippen molar-refractivity contribution in [1.29, 1.82) is 5.26 Å². The number of nitriles is 1. The van der Waals surface area contributed by atoms with Gasteiger partial charge in [-0.3, -0.25) is 9.59 Å². The molecule has 0 heterocycles. The second-order valence-corrected chi connectivity index (χ2v) is 5.47. The number of carbonyl (C=O) groups excluding carboxylic acids is 2. The van der Waals surface area contributed by atoms with Crippen LogP contribution in [-0.4, -0.2) is 25.0 Å². The van der Waals surface area contributed by atoms with Crippen molar-refractivity contribution in [3.8, 4) is 11.8 Å². The first-order valence-corrected chi connectivity index (χ1v) is 7.76. The van der Waals surface area contributed by atoms with E-state index in [1.54, 1.807) is 24.3 Å². The summed E-state index contributed by atoms with van der Waals surface area (Å²) in [7, 11) is 0. The van der Waals surface area contributed by atoms with Gasteiger partial charge >= 0.3 is 0 Å². The molecule has 6 heteroatoms. The van der Waals surface area contributed by atoms with Gasteiger partial charge in [-0.25, -0.2) is 0 Å². The maximum Gasteiger partial charge on any atom is 0.258 e. The fourth-order valence-corrected chi connectivity index (χ4v) is 2.14. The van der Waals surface area contributed by atoms with Crippen molar-refractivity contribution in [3.05, 3.63) is 59.2 Å². The smallest absolute Gasteiger partial charge is 0.258 e. The third-order valence-corrected chi connectivity index (χ3v) is 3.69. The molecule has 2 rings (SSSR count). The first-order valence-electron chi connectivity index (χ1n) is 7.76. The molecule has 0 saturated heterocycles. The molecule has 128 valence electrons. The minimum atomic E-state index is -0.441. The third kappa shape index (κ3) is 5.08. The largest absolute Gasteiger partial charge is 0.482 e. The second kappa shape index (κ2) is 8.50. The van der Waals surface area contributed by atoms with E-state index in [0.29, 0.717) is 11.3 Å². The van der Waals surface area contributed by atoms with Gasteiger partial charge in [0, 0.05) is 5.69 Å². The zero-order valence-corrected chi connectivity index (χ0v) is 14.1. The van der Waals surface area contributed by atoms with Crippen LogP contribution in [-0.2, 0) is 9.59 Å². The molecule has 0 spiro atoms. The fourth-order valence-electron chi connectivity index (χ4n) is 2.14. The molecular formula is C19H19N3O3. The number of aryl methyl sites for hydroxylation is 1. The highest BCUT2D eigenvalue weighted by atomic mass is 16.5. The Morgan fingerprint density at radius 3 is 2.60 bits per heavy atom. The SMILES string of the molecule is Cc1cccc(NC(=O)CNC(=O)COc2ccccc2C#N)c1C. The van der Waals surface area contributed by atoms with Crippen molar-refractivity contribution in [3.63, 3.8) is 0 Å². The summed E-state index contributed by atoms with van der Waals surface area (Å²) in [5.41, 5.74) is 3.13. The molecule has 0 aliphatic rings. The number of carbonyl (C=O) groups is 2. The van der Waals surface area contributed by atoms with E-state index in [0.717, 1.165) is 16.8 Å². The Bertz CT molecular complexity index is 825. The van der Waals surface area contributed by atoms with E-state index in [2.05, 4.69) is 10.6 Å². The third-order valence-electron chi connectivity index (χ3n) is 3.69. The number of nitrogens with zero attached hydrogens (tertiary/aromatic N) is 1. The number of amides is 2. The highest BCUT2D eigenvalue weighted by Crippen LogP contribution is 2.18. The van der Waals surface area contributed by atoms with Crippen LogP contribution in [0, 0.1) is 25.2 Å². The van der Waals surface area contributed by atoms with Crippen LogP contribution in [0.1, 0.15) is 16.7 Å². The van der Waals surface area contributed by atoms with Gasteiger partial charge in [-0.2, -0.15) is 5.26 Å². The standard InChI is InChI=1S/C19H19N3O3/c1-13-6-5-8-16(14(13)2)22-18(23)11-21-19(24)12-25-17-9-4-3-7-15(17)10-20/h3-9H,11-12H2,1-2H3,(H,21,24)(H,22,23). The molecule has 0 bridgehead atoms. The van der Waals surface area contributed by atoms with Gasteiger partial charge < -0.3 is 15.4 Å². The predicted molar refractivity (Wildman–Crippen MR) is 94.2 cm³/mol. The summed E-state index contributed by atoms with van der Waals surface area (Å²) >= 11 is 0. The average molecular weight is 337 g/mol. The number of para-hydroxylation sites is 1. The topological polar surface area (TPSA) is 91.2 Å². The zero-order valence-electron chi connectivity index (χ0n) is 14.1. The maximum absolute atomic E-state index is 11.9. The van der Waals surface area contributed by atoms with Gasteiger partial charge in [0.05, 0.1) is 12.1 Å². The Morgan fingerprint density at radius 1 is 1.08 bits per heavy atom. The minimum absolute atomic E-state index is 0.157. The van der Waals surface area contributed by atoms with Crippen LogP contribution in [0.25, 0.3) is 0 Å². The summed E-state index contributed by atoms with van der Waals surface area (Å²) in [6, 6.07) is 14.3. The number of benzene rings is 2. The van der Waals surface area contributed by atoms with Gasteiger partial charge in [-0.1, -0.05) is 24.3 Å². The van der Waals surface area contributed by atoms with Crippen LogP contribution in [0.4, 0.5) is 5.69 Å². The molecule has 0 saturated carbocycles.